The van der Waals surface area contributed by atoms with Gasteiger partial charge in [0.2, 0.25) is 0 Å². The third-order valence-corrected chi connectivity index (χ3v) is 4.90. The highest BCUT2D eigenvalue weighted by Crippen LogP contribution is 2.30. The molecule has 25 heavy (non-hydrogen) atoms. The monoisotopic (exact) mass is 357 g/mol. The van der Waals surface area contributed by atoms with Crippen LogP contribution in [-0.2, 0) is 17.6 Å². The Labute approximate surface area is 150 Å². The number of nitrogens with one attached hydrogen (secondary N) is 1. The van der Waals surface area contributed by atoms with E-state index in [9.17, 15) is 4.79 Å². The fourth-order valence-corrected chi connectivity index (χ4v) is 3.74. The number of carbonyl (C=O) groups excluding carboxylic acids is 1. The molecule has 2 aromatic rings. The zero-order valence-corrected chi connectivity index (χ0v) is 14.8. The molecule has 0 unspecified atom stereocenters. The summed E-state index contributed by atoms with van der Waals surface area (Å²) < 4.78 is 11.0. The molecule has 130 valence electrons. The molecule has 3 rings (SSSR count). The van der Waals surface area contributed by atoms with E-state index in [0.717, 1.165) is 25.0 Å². The summed E-state index contributed by atoms with van der Waals surface area (Å²) in [6, 6.07) is 6.92. The van der Waals surface area contributed by atoms with Crippen LogP contribution in [0.25, 0.3) is 0 Å². The van der Waals surface area contributed by atoms with Crippen LogP contribution in [0, 0.1) is 11.3 Å². The number of fused-ring (bicyclic) bond motifs is 1. The van der Waals surface area contributed by atoms with Crippen LogP contribution >= 0.6 is 11.3 Å². The van der Waals surface area contributed by atoms with E-state index in [1.807, 2.05) is 6.92 Å². The Kier molecular flexibility index (Phi) is 5.51. The number of hydrogen-bond acceptors (Lipinski definition) is 6. The molecule has 0 saturated heterocycles. The van der Waals surface area contributed by atoms with Gasteiger partial charge in [0.25, 0.3) is 5.91 Å². The second kappa shape index (κ2) is 7.99. The Bertz CT molecular complexity index is 787. The maximum atomic E-state index is 12.1. The van der Waals surface area contributed by atoms with E-state index in [1.54, 1.807) is 29.5 Å². The number of aryl methyl sites for hydroxylation is 2. The summed E-state index contributed by atoms with van der Waals surface area (Å²) in [5, 5.41) is 12.4. The Morgan fingerprint density at radius 1 is 1.32 bits per heavy atom. The first-order valence-corrected chi connectivity index (χ1v) is 9.09. The number of anilines is 1. The maximum Gasteiger partial charge on any atom is 0.264 e. The molecule has 1 N–H and O–H groups in total. The van der Waals surface area contributed by atoms with Gasteiger partial charge in [0.05, 0.1) is 23.9 Å². The van der Waals surface area contributed by atoms with Crippen molar-refractivity contribution in [2.75, 3.05) is 18.5 Å². The summed E-state index contributed by atoms with van der Waals surface area (Å²) >= 11 is 1.54. The van der Waals surface area contributed by atoms with Crippen LogP contribution in [0.3, 0.4) is 0 Å². The van der Waals surface area contributed by atoms with Crippen LogP contribution in [0.2, 0.25) is 0 Å². The van der Waals surface area contributed by atoms with Crippen molar-refractivity contribution >= 4 is 22.4 Å². The minimum absolute atomic E-state index is 0.143. The number of hydrogen-bond donors (Lipinski definition) is 1. The molecule has 1 amide bonds. The summed E-state index contributed by atoms with van der Waals surface area (Å²) in [7, 11) is 0. The Morgan fingerprint density at radius 2 is 2.16 bits per heavy atom. The molecular weight excluding hydrogens is 338 g/mol. The van der Waals surface area contributed by atoms with Crippen LogP contribution < -0.4 is 14.8 Å². The number of rotatable bonds is 6. The van der Waals surface area contributed by atoms with Crippen molar-refractivity contribution in [1.29, 1.82) is 5.26 Å². The Balaban J connectivity index is 1.60. The number of benzene rings is 1. The van der Waals surface area contributed by atoms with E-state index in [2.05, 4.69) is 16.4 Å². The van der Waals surface area contributed by atoms with Crippen LogP contribution in [0.15, 0.2) is 18.2 Å². The summed E-state index contributed by atoms with van der Waals surface area (Å²) in [6.07, 6.45) is 4.38. The normalized spacial score (nSPS) is 12.8. The quantitative estimate of drug-likeness (QED) is 0.857. The van der Waals surface area contributed by atoms with Crippen molar-refractivity contribution in [2.45, 2.75) is 32.6 Å². The number of aromatic nitrogens is 1. The van der Waals surface area contributed by atoms with Crippen molar-refractivity contribution in [1.82, 2.24) is 4.98 Å². The first kappa shape index (κ1) is 17.2. The van der Waals surface area contributed by atoms with Crippen molar-refractivity contribution in [3.63, 3.8) is 0 Å². The molecule has 7 heteroatoms. The van der Waals surface area contributed by atoms with Crippen LogP contribution in [-0.4, -0.2) is 24.1 Å². The molecule has 0 radical (unpaired) electrons. The third-order valence-electron chi connectivity index (χ3n) is 3.82. The molecule has 0 bridgehead atoms. The number of ether oxygens (including phenoxy) is 2. The van der Waals surface area contributed by atoms with Gasteiger partial charge in [0.1, 0.15) is 0 Å². The van der Waals surface area contributed by atoms with Gasteiger partial charge in [-0.1, -0.05) is 0 Å². The summed E-state index contributed by atoms with van der Waals surface area (Å²) in [5.74, 6) is 0.631. The lowest BCUT2D eigenvalue weighted by Gasteiger charge is -2.11. The van der Waals surface area contributed by atoms with Gasteiger partial charge in [-0.15, -0.1) is 11.3 Å². The lowest BCUT2D eigenvalue weighted by Crippen LogP contribution is -2.20. The minimum Gasteiger partial charge on any atom is -0.490 e. The largest absolute Gasteiger partial charge is 0.490 e. The van der Waals surface area contributed by atoms with E-state index in [1.165, 1.54) is 11.3 Å². The van der Waals surface area contributed by atoms with Gasteiger partial charge in [-0.05, 0) is 44.7 Å². The zero-order chi connectivity index (χ0) is 17.6. The molecule has 0 fully saturated rings. The van der Waals surface area contributed by atoms with Gasteiger partial charge >= 0.3 is 0 Å². The molecule has 6 nitrogen and oxygen atoms in total. The highest BCUT2D eigenvalue weighted by molar-refractivity contribution is 7.15. The van der Waals surface area contributed by atoms with E-state index in [-0.39, 0.29) is 12.5 Å². The molecule has 0 saturated carbocycles. The molecular formula is C18H19N3O3S. The first-order chi connectivity index (χ1) is 12.2. The van der Waals surface area contributed by atoms with Crippen LogP contribution in [0.5, 0.6) is 11.5 Å². The van der Waals surface area contributed by atoms with Gasteiger partial charge in [-0.25, -0.2) is 4.98 Å². The van der Waals surface area contributed by atoms with Crippen molar-refractivity contribution in [2.24, 2.45) is 0 Å². The zero-order valence-electron chi connectivity index (χ0n) is 14.0. The number of nitrogens with zero attached hydrogens (tertiary/aromatic N) is 2. The predicted molar refractivity (Wildman–Crippen MR) is 95.2 cm³/mol. The van der Waals surface area contributed by atoms with E-state index >= 15 is 0 Å². The number of thiazole rings is 1. The summed E-state index contributed by atoms with van der Waals surface area (Å²) in [6.45, 7) is 2.15. The van der Waals surface area contributed by atoms with Gasteiger partial charge in [-0.3, -0.25) is 10.1 Å². The van der Waals surface area contributed by atoms with E-state index in [0.29, 0.717) is 28.8 Å². The van der Waals surface area contributed by atoms with Crippen LogP contribution in [0.1, 0.15) is 35.9 Å². The number of nitriles is 1. The van der Waals surface area contributed by atoms with Crippen LogP contribution in [0.4, 0.5) is 5.13 Å². The maximum absolute atomic E-state index is 12.1. The summed E-state index contributed by atoms with van der Waals surface area (Å²) in [4.78, 5) is 17.9. The Morgan fingerprint density at radius 3 is 2.92 bits per heavy atom. The van der Waals surface area contributed by atoms with Crippen molar-refractivity contribution in [3.05, 3.63) is 34.3 Å². The van der Waals surface area contributed by atoms with Gasteiger partial charge < -0.3 is 9.47 Å². The molecule has 1 heterocycles. The first-order valence-electron chi connectivity index (χ1n) is 8.27. The van der Waals surface area contributed by atoms with Gasteiger partial charge in [0.15, 0.2) is 23.2 Å². The molecule has 0 spiro atoms. The predicted octanol–water partition coefficient (Wildman–Crippen LogP) is 3.31. The standard InChI is InChI=1S/C18H19N3O3S/c1-2-23-15-9-12(10-19)7-8-14(15)24-11-17(22)21-18-20-13-5-3-4-6-16(13)25-18/h7-9H,2-6,11H2,1H3,(H,20,21,22). The molecule has 0 atom stereocenters. The van der Waals surface area contributed by atoms with Crippen molar-refractivity contribution < 1.29 is 14.3 Å². The highest BCUT2D eigenvalue weighted by Gasteiger charge is 2.17. The van der Waals surface area contributed by atoms with Gasteiger partial charge in [-0.2, -0.15) is 5.26 Å². The second-order valence-corrected chi connectivity index (χ2v) is 6.72. The van der Waals surface area contributed by atoms with Crippen molar-refractivity contribution in [3.8, 4) is 17.6 Å². The third kappa shape index (κ3) is 4.28. The SMILES string of the molecule is CCOc1cc(C#N)ccc1OCC(=O)Nc1nc2c(s1)CCCC2. The second-order valence-electron chi connectivity index (χ2n) is 5.64. The fraction of sp³-hybridized carbons (Fsp3) is 0.389. The fourth-order valence-electron chi connectivity index (χ4n) is 2.67. The smallest absolute Gasteiger partial charge is 0.264 e. The van der Waals surface area contributed by atoms with Gasteiger partial charge in [0, 0.05) is 10.9 Å². The average molecular weight is 357 g/mol. The molecule has 1 aliphatic carbocycles. The number of amides is 1. The lowest BCUT2D eigenvalue weighted by molar-refractivity contribution is -0.118. The molecule has 1 aliphatic rings. The number of carbonyl (C=O) groups is 1. The molecule has 1 aromatic heterocycles. The minimum atomic E-state index is -0.266. The topological polar surface area (TPSA) is 84.2 Å². The highest BCUT2D eigenvalue weighted by atomic mass is 32.1. The lowest BCUT2D eigenvalue weighted by atomic mass is 10.0. The van der Waals surface area contributed by atoms with E-state index in [4.69, 9.17) is 14.7 Å². The average Bonchev–Trinajstić information content (AvgIpc) is 3.03. The van der Waals surface area contributed by atoms with E-state index < -0.39 is 0 Å². The molecule has 0 aliphatic heterocycles. The Hall–Kier alpha value is -2.59. The summed E-state index contributed by atoms with van der Waals surface area (Å²) in [5.41, 5.74) is 1.59. The molecule has 1 aromatic carbocycles.